The molecule has 0 heterocycles. The second kappa shape index (κ2) is 3.36. The molecule has 0 aromatic heterocycles. The largest absolute Gasteiger partial charge is 0.498 e. The summed E-state index contributed by atoms with van der Waals surface area (Å²) in [5.74, 6) is 1.65. The van der Waals surface area contributed by atoms with Gasteiger partial charge in [0.25, 0.3) is 0 Å². The second-order valence-corrected chi connectivity index (χ2v) is 1.52. The van der Waals surface area contributed by atoms with Crippen LogP contribution in [-0.4, -0.2) is 14.2 Å². The lowest BCUT2D eigenvalue weighted by Crippen LogP contribution is -1.87. The molecule has 0 aromatic rings. The summed E-state index contributed by atoms with van der Waals surface area (Å²) in [5, 5.41) is 0. The van der Waals surface area contributed by atoms with E-state index in [4.69, 9.17) is 9.47 Å². The third kappa shape index (κ3) is 1.87. The van der Waals surface area contributed by atoms with Crippen molar-refractivity contribution < 1.29 is 9.47 Å². The highest BCUT2D eigenvalue weighted by Gasteiger charge is 1.91. The highest BCUT2D eigenvalue weighted by Crippen LogP contribution is 2.02. The average Bonchev–Trinajstić information content (AvgIpc) is 1.84. The van der Waals surface area contributed by atoms with Crippen LogP contribution < -0.4 is 0 Å². The maximum absolute atomic E-state index is 4.86. The topological polar surface area (TPSA) is 18.5 Å². The Bertz CT molecular complexity index is 82.7. The van der Waals surface area contributed by atoms with Crippen molar-refractivity contribution in [3.8, 4) is 0 Å². The quantitative estimate of drug-likeness (QED) is 0.509. The normalized spacial score (nSPS) is 12.5. The molecule has 0 N–H and O–H groups in total. The lowest BCUT2D eigenvalue weighted by molar-refractivity contribution is 0.224. The van der Waals surface area contributed by atoms with Crippen LogP contribution in [0.15, 0.2) is 11.5 Å². The molecule has 0 spiro atoms. The summed E-state index contributed by atoms with van der Waals surface area (Å²) in [7, 11) is 3.25. The van der Waals surface area contributed by atoms with Crippen LogP contribution in [0.25, 0.3) is 0 Å². The zero-order valence-electron chi connectivity index (χ0n) is 5.82. The van der Waals surface area contributed by atoms with Crippen LogP contribution in [-0.2, 0) is 9.47 Å². The lowest BCUT2D eigenvalue weighted by Gasteiger charge is -2.02. The third-order valence-electron chi connectivity index (χ3n) is 1.11. The van der Waals surface area contributed by atoms with E-state index in [1.807, 2.05) is 13.8 Å². The Morgan fingerprint density at radius 2 is 1.12 bits per heavy atom. The molecular weight excluding hydrogens is 104 g/mol. The summed E-state index contributed by atoms with van der Waals surface area (Å²) in [5.41, 5.74) is 0. The molecule has 0 atom stereocenters. The molecule has 0 aliphatic rings. The van der Waals surface area contributed by atoms with Gasteiger partial charge in [0.1, 0.15) is 11.5 Å². The molecule has 0 bridgehead atoms. The number of ether oxygens (including phenoxy) is 2. The van der Waals surface area contributed by atoms with Crippen LogP contribution in [0.4, 0.5) is 0 Å². The fourth-order valence-corrected chi connectivity index (χ4v) is 0.287. The number of methoxy groups -OCH3 is 2. The Balaban J connectivity index is 3.83. The van der Waals surface area contributed by atoms with Crippen molar-refractivity contribution in [1.82, 2.24) is 0 Å². The van der Waals surface area contributed by atoms with E-state index in [0.29, 0.717) is 0 Å². The van der Waals surface area contributed by atoms with Crippen molar-refractivity contribution >= 4 is 0 Å². The van der Waals surface area contributed by atoms with E-state index in [0.717, 1.165) is 11.5 Å². The average molecular weight is 116 g/mol. The Morgan fingerprint density at radius 1 is 0.875 bits per heavy atom. The summed E-state index contributed by atoms with van der Waals surface area (Å²) in [4.78, 5) is 0. The first-order valence-electron chi connectivity index (χ1n) is 2.47. The smallest absolute Gasteiger partial charge is 0.130 e. The fourth-order valence-electron chi connectivity index (χ4n) is 0.287. The van der Waals surface area contributed by atoms with E-state index in [1.165, 1.54) is 0 Å². The first kappa shape index (κ1) is 7.34. The molecule has 2 heteroatoms. The molecule has 0 amide bonds. The maximum Gasteiger partial charge on any atom is 0.130 e. The van der Waals surface area contributed by atoms with Gasteiger partial charge in [0.15, 0.2) is 0 Å². The molecule has 2 nitrogen and oxygen atoms in total. The summed E-state index contributed by atoms with van der Waals surface area (Å²) < 4.78 is 9.71. The van der Waals surface area contributed by atoms with Gasteiger partial charge in [-0.25, -0.2) is 0 Å². The Morgan fingerprint density at radius 3 is 1.25 bits per heavy atom. The molecule has 0 saturated carbocycles. The predicted molar refractivity (Wildman–Crippen MR) is 32.4 cm³/mol. The van der Waals surface area contributed by atoms with Crippen LogP contribution in [0.2, 0.25) is 0 Å². The maximum atomic E-state index is 4.86. The van der Waals surface area contributed by atoms with Crippen molar-refractivity contribution in [3.05, 3.63) is 11.5 Å². The number of hydrogen-bond donors (Lipinski definition) is 0. The number of allylic oxidation sites excluding steroid dienone is 2. The summed E-state index contributed by atoms with van der Waals surface area (Å²) in [6, 6.07) is 0. The fraction of sp³-hybridized carbons (Fsp3) is 0.667. The molecule has 0 radical (unpaired) electrons. The lowest BCUT2D eigenvalue weighted by atomic mass is 10.5. The van der Waals surface area contributed by atoms with Crippen LogP contribution >= 0.6 is 0 Å². The van der Waals surface area contributed by atoms with Crippen LogP contribution in [0, 0.1) is 0 Å². The third-order valence-corrected chi connectivity index (χ3v) is 1.11. The van der Waals surface area contributed by atoms with E-state index in [1.54, 1.807) is 14.2 Å². The molecule has 0 aromatic carbocycles. The Hall–Kier alpha value is -0.660. The number of hydrogen-bond acceptors (Lipinski definition) is 2. The van der Waals surface area contributed by atoms with E-state index < -0.39 is 0 Å². The minimum atomic E-state index is 0.826. The minimum absolute atomic E-state index is 0.826. The van der Waals surface area contributed by atoms with Gasteiger partial charge in [-0.05, 0) is 13.8 Å². The zero-order chi connectivity index (χ0) is 6.57. The second-order valence-electron chi connectivity index (χ2n) is 1.52. The summed E-state index contributed by atoms with van der Waals surface area (Å²) in [6.07, 6.45) is 0. The molecule has 48 valence electrons. The molecule has 0 aliphatic heterocycles. The van der Waals surface area contributed by atoms with Crippen LogP contribution in [0.3, 0.4) is 0 Å². The molecule has 0 aliphatic carbocycles. The van der Waals surface area contributed by atoms with Gasteiger partial charge in [-0.2, -0.15) is 0 Å². The standard InChI is InChI=1S/C6H12O2/c1-5(7-3)6(2)8-4/h1-4H3/b6-5-. The van der Waals surface area contributed by atoms with Crippen molar-refractivity contribution in [1.29, 1.82) is 0 Å². The van der Waals surface area contributed by atoms with Gasteiger partial charge in [0.05, 0.1) is 14.2 Å². The van der Waals surface area contributed by atoms with Crippen molar-refractivity contribution in [2.45, 2.75) is 13.8 Å². The van der Waals surface area contributed by atoms with Gasteiger partial charge >= 0.3 is 0 Å². The molecule has 0 unspecified atom stereocenters. The molecule has 0 rings (SSSR count). The summed E-state index contributed by atoms with van der Waals surface area (Å²) >= 11 is 0. The Kier molecular flexibility index (Phi) is 3.08. The zero-order valence-corrected chi connectivity index (χ0v) is 5.82. The highest BCUT2D eigenvalue weighted by molar-refractivity contribution is 4.93. The van der Waals surface area contributed by atoms with Crippen molar-refractivity contribution in [2.24, 2.45) is 0 Å². The Labute approximate surface area is 50.1 Å². The minimum Gasteiger partial charge on any atom is -0.498 e. The SMILES string of the molecule is CO/C(C)=C(/C)OC. The first-order chi connectivity index (χ1) is 3.72. The number of rotatable bonds is 2. The molecule has 8 heavy (non-hydrogen) atoms. The highest BCUT2D eigenvalue weighted by atomic mass is 16.5. The van der Waals surface area contributed by atoms with E-state index >= 15 is 0 Å². The molecular formula is C6H12O2. The van der Waals surface area contributed by atoms with Gasteiger partial charge in [-0.15, -0.1) is 0 Å². The van der Waals surface area contributed by atoms with E-state index in [2.05, 4.69) is 0 Å². The summed E-state index contributed by atoms with van der Waals surface area (Å²) in [6.45, 7) is 3.72. The van der Waals surface area contributed by atoms with Crippen molar-refractivity contribution in [3.63, 3.8) is 0 Å². The van der Waals surface area contributed by atoms with E-state index in [-0.39, 0.29) is 0 Å². The van der Waals surface area contributed by atoms with Gasteiger partial charge in [0, 0.05) is 0 Å². The predicted octanol–water partition coefficient (Wildman–Crippen LogP) is 1.53. The van der Waals surface area contributed by atoms with Gasteiger partial charge in [0.2, 0.25) is 0 Å². The van der Waals surface area contributed by atoms with Gasteiger partial charge in [-0.3, -0.25) is 0 Å². The van der Waals surface area contributed by atoms with E-state index in [9.17, 15) is 0 Å². The van der Waals surface area contributed by atoms with Crippen molar-refractivity contribution in [2.75, 3.05) is 14.2 Å². The molecule has 0 fully saturated rings. The monoisotopic (exact) mass is 116 g/mol. The van der Waals surface area contributed by atoms with Gasteiger partial charge in [-0.1, -0.05) is 0 Å². The van der Waals surface area contributed by atoms with Crippen LogP contribution in [0.5, 0.6) is 0 Å². The first-order valence-corrected chi connectivity index (χ1v) is 2.47. The van der Waals surface area contributed by atoms with Crippen LogP contribution in [0.1, 0.15) is 13.8 Å². The van der Waals surface area contributed by atoms with Gasteiger partial charge < -0.3 is 9.47 Å². The molecule has 0 saturated heterocycles.